The summed E-state index contributed by atoms with van der Waals surface area (Å²) in [4.78, 5) is 35.1. The summed E-state index contributed by atoms with van der Waals surface area (Å²) in [7, 11) is 0. The average molecular weight is 297 g/mol. The molecule has 1 spiro atoms. The summed E-state index contributed by atoms with van der Waals surface area (Å²) in [6, 6.07) is -0.821. The molecule has 2 amide bonds. The molecule has 8 heteroatoms. The highest BCUT2D eigenvalue weighted by molar-refractivity contribution is 6.07. The van der Waals surface area contributed by atoms with Crippen molar-refractivity contribution in [2.45, 2.75) is 51.7 Å². The fourth-order valence-electron chi connectivity index (χ4n) is 2.92. The molecular weight excluding hydrogens is 278 g/mol. The molecule has 2 fully saturated rings. The minimum absolute atomic E-state index is 0.122. The summed E-state index contributed by atoms with van der Waals surface area (Å²) in [6.45, 7) is 6.73. The highest BCUT2D eigenvalue weighted by Crippen LogP contribution is 2.51. The van der Waals surface area contributed by atoms with Crippen LogP contribution in [0.25, 0.3) is 0 Å². The minimum Gasteiger partial charge on any atom is -0.459 e. The molecule has 8 nitrogen and oxygen atoms in total. The number of esters is 2. The minimum atomic E-state index is -1.30. The Balaban J connectivity index is 2.29. The maximum atomic E-state index is 12.3. The third-order valence-corrected chi connectivity index (χ3v) is 3.93. The Hall–Kier alpha value is -2.12. The van der Waals surface area contributed by atoms with Crippen molar-refractivity contribution in [3.63, 3.8) is 0 Å². The lowest BCUT2D eigenvalue weighted by atomic mass is 9.75. The second-order valence-corrected chi connectivity index (χ2v) is 6.38. The van der Waals surface area contributed by atoms with Crippen molar-refractivity contribution in [3.05, 3.63) is 0 Å². The van der Waals surface area contributed by atoms with E-state index in [1.54, 1.807) is 27.7 Å². The van der Waals surface area contributed by atoms with Gasteiger partial charge in [0, 0.05) is 12.8 Å². The number of urea groups is 1. The van der Waals surface area contributed by atoms with E-state index in [2.05, 4.69) is 10.5 Å². The zero-order chi connectivity index (χ0) is 16.1. The quantitative estimate of drug-likeness (QED) is 0.332. The summed E-state index contributed by atoms with van der Waals surface area (Å²) in [5, 5.41) is 3.79. The van der Waals surface area contributed by atoms with Crippen molar-refractivity contribution in [1.29, 1.82) is 0 Å². The Morgan fingerprint density at radius 3 is 2.24 bits per heavy atom. The first-order valence-electron chi connectivity index (χ1n) is 6.58. The number of cyclic esters (lactones) is 2. The number of carbonyl (C=O) groups is 3. The summed E-state index contributed by atoms with van der Waals surface area (Å²) in [5.41, 5.74) is 4.28. The Morgan fingerprint density at radius 1 is 1.19 bits per heavy atom. The van der Waals surface area contributed by atoms with E-state index in [0.717, 1.165) is 0 Å². The molecule has 2 heterocycles. The molecule has 0 radical (unpaired) electrons. The summed E-state index contributed by atoms with van der Waals surface area (Å²) in [5.74, 6) is -1.19. The van der Waals surface area contributed by atoms with Gasteiger partial charge >= 0.3 is 18.0 Å². The van der Waals surface area contributed by atoms with Gasteiger partial charge in [-0.15, -0.1) is 0 Å². The average Bonchev–Trinajstić information content (AvgIpc) is 2.71. The topological polar surface area (TPSA) is 120 Å². The van der Waals surface area contributed by atoms with Crippen LogP contribution in [0.3, 0.4) is 0 Å². The van der Waals surface area contributed by atoms with E-state index in [9.17, 15) is 14.4 Å². The Morgan fingerprint density at radius 2 is 1.76 bits per heavy atom. The summed E-state index contributed by atoms with van der Waals surface area (Å²) < 4.78 is 10.6. The molecule has 0 saturated carbocycles. The van der Waals surface area contributed by atoms with Crippen LogP contribution in [0.1, 0.15) is 40.5 Å². The molecule has 0 aromatic carbocycles. The van der Waals surface area contributed by atoms with Gasteiger partial charge in [0.1, 0.15) is 5.60 Å². The number of nitrogens with two attached hydrogens (primary N) is 1. The molecule has 0 aliphatic carbocycles. The van der Waals surface area contributed by atoms with Gasteiger partial charge in [-0.05, 0) is 27.7 Å². The number of nitrogens with one attached hydrogen (secondary N) is 1. The molecule has 0 bridgehead atoms. The van der Waals surface area contributed by atoms with Gasteiger partial charge in [-0.2, -0.15) is 5.10 Å². The van der Waals surface area contributed by atoms with Crippen LogP contribution in [-0.2, 0) is 19.1 Å². The van der Waals surface area contributed by atoms with Crippen molar-refractivity contribution in [2.75, 3.05) is 0 Å². The van der Waals surface area contributed by atoms with E-state index < -0.39 is 34.6 Å². The van der Waals surface area contributed by atoms with Crippen LogP contribution in [0, 0.1) is 5.41 Å². The Bertz CT molecular complexity index is 556. The molecule has 2 saturated heterocycles. The maximum absolute atomic E-state index is 12.3. The van der Waals surface area contributed by atoms with Crippen LogP contribution < -0.4 is 11.2 Å². The molecule has 0 unspecified atom stereocenters. The second kappa shape index (κ2) is 4.44. The number of nitrogens with zero attached hydrogens (tertiary/aromatic N) is 1. The number of carbonyl (C=O) groups excluding carboxylic acids is 3. The predicted octanol–water partition coefficient (Wildman–Crippen LogP) is 0.448. The van der Waals surface area contributed by atoms with Crippen LogP contribution in [-0.4, -0.2) is 34.9 Å². The first-order valence-corrected chi connectivity index (χ1v) is 6.58. The zero-order valence-corrected chi connectivity index (χ0v) is 12.5. The van der Waals surface area contributed by atoms with Gasteiger partial charge < -0.3 is 15.2 Å². The van der Waals surface area contributed by atoms with Gasteiger partial charge in [0.2, 0.25) is 0 Å². The van der Waals surface area contributed by atoms with Crippen LogP contribution >= 0.6 is 0 Å². The lowest BCUT2D eigenvalue weighted by molar-refractivity contribution is -0.160. The zero-order valence-electron chi connectivity index (χ0n) is 12.5. The van der Waals surface area contributed by atoms with Crippen molar-refractivity contribution < 1.29 is 23.9 Å². The van der Waals surface area contributed by atoms with E-state index in [1.807, 2.05) is 0 Å². The van der Waals surface area contributed by atoms with E-state index in [0.29, 0.717) is 5.71 Å². The molecule has 0 aromatic heterocycles. The normalized spacial score (nSPS) is 34.8. The van der Waals surface area contributed by atoms with Gasteiger partial charge in [0.15, 0.2) is 11.0 Å². The standard InChI is InChI=1S/C13H19N3O5/c1-7(15-16-10(14)19)12(4)6-13(9(18)21-12)5-11(2,3)20-8(13)17/h5-6H2,1-4H3,(H3,14,16,19)/b15-7-/t12-,13-/m0/s1. The van der Waals surface area contributed by atoms with Crippen molar-refractivity contribution in [1.82, 2.24) is 5.43 Å². The fourth-order valence-corrected chi connectivity index (χ4v) is 2.92. The SMILES string of the molecule is C/C(=N/NC(N)=O)[C@]1(C)C[C@]2(CC(C)(C)OC2=O)C(=O)O1. The van der Waals surface area contributed by atoms with Crippen LogP contribution in [0.2, 0.25) is 0 Å². The van der Waals surface area contributed by atoms with Gasteiger partial charge in [-0.3, -0.25) is 9.59 Å². The number of hydrogen-bond donors (Lipinski definition) is 2. The Labute approximate surface area is 122 Å². The third kappa shape index (κ3) is 2.45. The van der Waals surface area contributed by atoms with Gasteiger partial charge in [0.25, 0.3) is 0 Å². The van der Waals surface area contributed by atoms with Crippen LogP contribution in [0.5, 0.6) is 0 Å². The maximum Gasteiger partial charge on any atom is 0.332 e. The molecule has 2 aliphatic rings. The molecule has 2 rings (SSSR count). The third-order valence-electron chi connectivity index (χ3n) is 3.93. The largest absolute Gasteiger partial charge is 0.459 e. The monoisotopic (exact) mass is 297 g/mol. The first kappa shape index (κ1) is 15.3. The van der Waals surface area contributed by atoms with Crippen molar-refractivity contribution >= 4 is 23.7 Å². The molecule has 21 heavy (non-hydrogen) atoms. The van der Waals surface area contributed by atoms with Gasteiger partial charge in [-0.1, -0.05) is 0 Å². The number of hydrogen-bond acceptors (Lipinski definition) is 6. The number of rotatable bonds is 2. The number of primary amides is 1. The molecule has 116 valence electrons. The van der Waals surface area contributed by atoms with E-state index in [-0.39, 0.29) is 12.8 Å². The molecule has 0 aromatic rings. The first-order chi connectivity index (χ1) is 9.51. The van der Waals surface area contributed by atoms with Gasteiger partial charge in [0.05, 0.1) is 5.71 Å². The highest BCUT2D eigenvalue weighted by atomic mass is 16.6. The highest BCUT2D eigenvalue weighted by Gasteiger charge is 2.67. The smallest absolute Gasteiger partial charge is 0.332 e. The molecule has 2 aliphatic heterocycles. The number of amides is 2. The lowest BCUT2D eigenvalue weighted by Crippen LogP contribution is -2.37. The predicted molar refractivity (Wildman–Crippen MR) is 72.2 cm³/mol. The summed E-state index contributed by atoms with van der Waals surface area (Å²) in [6.07, 6.45) is 0.376. The molecular formula is C13H19N3O5. The number of hydrazone groups is 1. The second-order valence-electron chi connectivity index (χ2n) is 6.38. The van der Waals surface area contributed by atoms with Gasteiger partial charge in [-0.25, -0.2) is 10.2 Å². The summed E-state index contributed by atoms with van der Waals surface area (Å²) >= 11 is 0. The fraction of sp³-hybridized carbons (Fsp3) is 0.692. The Kier molecular flexibility index (Phi) is 3.23. The van der Waals surface area contributed by atoms with Crippen molar-refractivity contribution in [2.24, 2.45) is 16.3 Å². The van der Waals surface area contributed by atoms with Crippen LogP contribution in [0.4, 0.5) is 4.79 Å². The van der Waals surface area contributed by atoms with E-state index >= 15 is 0 Å². The van der Waals surface area contributed by atoms with Crippen LogP contribution in [0.15, 0.2) is 5.10 Å². The van der Waals surface area contributed by atoms with E-state index in [1.165, 1.54) is 0 Å². The van der Waals surface area contributed by atoms with E-state index in [4.69, 9.17) is 15.2 Å². The molecule has 3 N–H and O–H groups in total. The molecule has 2 atom stereocenters. The lowest BCUT2D eigenvalue weighted by Gasteiger charge is -2.22. The van der Waals surface area contributed by atoms with Crippen molar-refractivity contribution in [3.8, 4) is 0 Å². The number of ether oxygens (including phenoxy) is 2.